The smallest absolute Gasteiger partial charge is 0.0991 e. The van der Waals surface area contributed by atoms with Crippen LogP contribution in [-0.4, -0.2) is 16.8 Å². The number of hydrogen-bond donors (Lipinski definition) is 1. The first kappa shape index (κ1) is 10.4. The molecule has 0 bridgehead atoms. The summed E-state index contributed by atoms with van der Waals surface area (Å²) in [4.78, 5) is 0. The Hall–Kier alpha value is -2.12. The van der Waals surface area contributed by atoms with Gasteiger partial charge in [-0.15, -0.1) is 0 Å². The summed E-state index contributed by atoms with van der Waals surface area (Å²) in [5, 5.41) is 16.0. The van der Waals surface area contributed by atoms with Gasteiger partial charge in [0.15, 0.2) is 0 Å². The van der Waals surface area contributed by atoms with Crippen molar-refractivity contribution in [3.8, 4) is 11.8 Å². The lowest BCUT2D eigenvalue weighted by molar-refractivity contribution is 0.816. The van der Waals surface area contributed by atoms with Gasteiger partial charge in [-0.05, 0) is 31.3 Å². The van der Waals surface area contributed by atoms with Gasteiger partial charge in [0.25, 0.3) is 0 Å². The highest BCUT2D eigenvalue weighted by molar-refractivity contribution is 5.39. The van der Waals surface area contributed by atoms with Gasteiger partial charge in [-0.1, -0.05) is 0 Å². The Labute approximate surface area is 94.1 Å². The molecule has 2 aromatic rings. The molecule has 80 valence electrons. The van der Waals surface area contributed by atoms with Crippen molar-refractivity contribution in [1.29, 1.82) is 5.26 Å². The Kier molecular flexibility index (Phi) is 2.99. The van der Waals surface area contributed by atoms with E-state index in [0.717, 1.165) is 17.8 Å². The quantitative estimate of drug-likeness (QED) is 0.838. The maximum Gasteiger partial charge on any atom is 0.0991 e. The van der Waals surface area contributed by atoms with Crippen LogP contribution < -0.4 is 5.32 Å². The second-order valence-corrected chi connectivity index (χ2v) is 3.48. The van der Waals surface area contributed by atoms with Gasteiger partial charge in [0.2, 0.25) is 0 Å². The molecule has 0 saturated carbocycles. The van der Waals surface area contributed by atoms with Gasteiger partial charge in [0.05, 0.1) is 23.5 Å². The number of hydrogen-bond acceptors (Lipinski definition) is 3. The van der Waals surface area contributed by atoms with Crippen LogP contribution in [0.15, 0.2) is 36.7 Å². The first-order valence-electron chi connectivity index (χ1n) is 5.02. The summed E-state index contributed by atoms with van der Waals surface area (Å²) < 4.78 is 1.80. The number of nitrogens with one attached hydrogen (secondary N) is 1. The van der Waals surface area contributed by atoms with E-state index in [1.54, 1.807) is 16.8 Å². The van der Waals surface area contributed by atoms with Crippen molar-refractivity contribution in [2.45, 2.75) is 6.54 Å². The SMILES string of the molecule is CNCc1cnn(-c2ccc(C#N)cc2)c1. The molecule has 0 amide bonds. The summed E-state index contributed by atoms with van der Waals surface area (Å²) in [5.41, 5.74) is 2.75. The molecule has 0 aliphatic heterocycles. The van der Waals surface area contributed by atoms with E-state index in [2.05, 4.69) is 16.5 Å². The van der Waals surface area contributed by atoms with Gasteiger partial charge in [0.1, 0.15) is 0 Å². The van der Waals surface area contributed by atoms with Gasteiger partial charge >= 0.3 is 0 Å². The van der Waals surface area contributed by atoms with E-state index in [9.17, 15) is 0 Å². The number of nitriles is 1. The zero-order valence-electron chi connectivity index (χ0n) is 9.01. The van der Waals surface area contributed by atoms with Crippen LogP contribution in [0.1, 0.15) is 11.1 Å². The zero-order valence-corrected chi connectivity index (χ0v) is 9.01. The predicted octanol–water partition coefficient (Wildman–Crippen LogP) is 1.46. The Bertz CT molecular complexity index is 505. The minimum atomic E-state index is 0.659. The monoisotopic (exact) mass is 212 g/mol. The van der Waals surface area contributed by atoms with Crippen LogP contribution in [0.5, 0.6) is 0 Å². The molecular weight excluding hydrogens is 200 g/mol. The number of benzene rings is 1. The van der Waals surface area contributed by atoms with Crippen LogP contribution >= 0.6 is 0 Å². The van der Waals surface area contributed by atoms with E-state index in [1.807, 2.05) is 31.6 Å². The fourth-order valence-corrected chi connectivity index (χ4v) is 1.49. The lowest BCUT2D eigenvalue weighted by Gasteiger charge is -2.00. The molecule has 16 heavy (non-hydrogen) atoms. The van der Waals surface area contributed by atoms with Crippen molar-refractivity contribution >= 4 is 0 Å². The minimum Gasteiger partial charge on any atom is -0.316 e. The summed E-state index contributed by atoms with van der Waals surface area (Å²) >= 11 is 0. The molecule has 4 heteroatoms. The molecule has 0 aliphatic rings. The Balaban J connectivity index is 2.25. The third kappa shape index (κ3) is 2.10. The van der Waals surface area contributed by atoms with Crippen LogP contribution in [0.3, 0.4) is 0 Å². The average molecular weight is 212 g/mol. The fourth-order valence-electron chi connectivity index (χ4n) is 1.49. The molecule has 0 fully saturated rings. The molecule has 1 aromatic carbocycles. The Morgan fingerprint density at radius 3 is 2.75 bits per heavy atom. The van der Waals surface area contributed by atoms with E-state index in [-0.39, 0.29) is 0 Å². The van der Waals surface area contributed by atoms with Crippen LogP contribution in [0.2, 0.25) is 0 Å². The Morgan fingerprint density at radius 1 is 1.38 bits per heavy atom. The van der Waals surface area contributed by atoms with Gasteiger partial charge in [-0.2, -0.15) is 10.4 Å². The third-order valence-electron chi connectivity index (χ3n) is 2.28. The number of nitrogens with zero attached hydrogens (tertiary/aromatic N) is 3. The van der Waals surface area contributed by atoms with Crippen LogP contribution in [0.25, 0.3) is 5.69 Å². The molecule has 1 aromatic heterocycles. The molecule has 0 saturated heterocycles. The highest BCUT2D eigenvalue weighted by atomic mass is 15.3. The van der Waals surface area contributed by atoms with E-state index in [4.69, 9.17) is 5.26 Å². The molecule has 0 aliphatic carbocycles. The summed E-state index contributed by atoms with van der Waals surface area (Å²) in [6.45, 7) is 0.802. The zero-order chi connectivity index (χ0) is 11.4. The van der Waals surface area contributed by atoms with E-state index in [0.29, 0.717) is 5.56 Å². The molecule has 1 N–H and O–H groups in total. The highest BCUT2D eigenvalue weighted by Gasteiger charge is 2.00. The maximum atomic E-state index is 8.69. The average Bonchev–Trinajstić information content (AvgIpc) is 2.78. The van der Waals surface area contributed by atoms with Crippen molar-refractivity contribution < 1.29 is 0 Å². The van der Waals surface area contributed by atoms with Crippen molar-refractivity contribution in [3.05, 3.63) is 47.8 Å². The molecule has 0 atom stereocenters. The van der Waals surface area contributed by atoms with Gasteiger partial charge < -0.3 is 5.32 Å². The molecule has 0 radical (unpaired) electrons. The van der Waals surface area contributed by atoms with Gasteiger partial charge in [0, 0.05) is 18.3 Å². The van der Waals surface area contributed by atoms with Crippen LogP contribution in [-0.2, 0) is 6.54 Å². The van der Waals surface area contributed by atoms with Crippen LogP contribution in [0.4, 0.5) is 0 Å². The first-order valence-corrected chi connectivity index (χ1v) is 5.02. The van der Waals surface area contributed by atoms with Crippen molar-refractivity contribution in [2.24, 2.45) is 0 Å². The van der Waals surface area contributed by atoms with E-state index in [1.165, 1.54) is 0 Å². The lowest BCUT2D eigenvalue weighted by atomic mass is 10.2. The lowest BCUT2D eigenvalue weighted by Crippen LogP contribution is -2.03. The van der Waals surface area contributed by atoms with E-state index < -0.39 is 0 Å². The molecule has 4 nitrogen and oxygen atoms in total. The summed E-state index contributed by atoms with van der Waals surface area (Å²) in [7, 11) is 1.90. The van der Waals surface area contributed by atoms with Gasteiger partial charge in [-0.25, -0.2) is 4.68 Å². The minimum absolute atomic E-state index is 0.659. The van der Waals surface area contributed by atoms with Gasteiger partial charge in [-0.3, -0.25) is 0 Å². The summed E-state index contributed by atoms with van der Waals surface area (Å²) in [6, 6.07) is 9.43. The van der Waals surface area contributed by atoms with E-state index >= 15 is 0 Å². The number of rotatable bonds is 3. The standard InChI is InChI=1S/C12H12N4/c1-14-7-11-8-15-16(9-11)12-4-2-10(6-13)3-5-12/h2-5,8-9,14H,7H2,1H3. The largest absolute Gasteiger partial charge is 0.316 e. The predicted molar refractivity (Wildman–Crippen MR) is 61.0 cm³/mol. The fraction of sp³-hybridized carbons (Fsp3) is 0.167. The number of aromatic nitrogens is 2. The topological polar surface area (TPSA) is 53.6 Å². The second-order valence-electron chi connectivity index (χ2n) is 3.48. The first-order chi connectivity index (χ1) is 7.83. The summed E-state index contributed by atoms with van der Waals surface area (Å²) in [5.74, 6) is 0. The van der Waals surface area contributed by atoms with Crippen molar-refractivity contribution in [3.63, 3.8) is 0 Å². The normalized spacial score (nSPS) is 10.0. The second kappa shape index (κ2) is 4.60. The van der Waals surface area contributed by atoms with Crippen LogP contribution in [0, 0.1) is 11.3 Å². The molecule has 2 rings (SSSR count). The molecule has 1 heterocycles. The van der Waals surface area contributed by atoms with Crippen molar-refractivity contribution in [2.75, 3.05) is 7.05 Å². The highest BCUT2D eigenvalue weighted by Crippen LogP contribution is 2.09. The molecule has 0 spiro atoms. The summed E-state index contributed by atoms with van der Waals surface area (Å²) in [6.07, 6.45) is 3.80. The van der Waals surface area contributed by atoms with Crippen molar-refractivity contribution in [1.82, 2.24) is 15.1 Å². The maximum absolute atomic E-state index is 8.69. The Morgan fingerprint density at radius 2 is 2.12 bits per heavy atom. The molecular formula is C12H12N4. The third-order valence-corrected chi connectivity index (χ3v) is 2.28. The molecule has 0 unspecified atom stereocenters.